The maximum atomic E-state index is 12.6. The SMILES string of the molecule is CC(C)(c1ccccc1)c1ccc(OCc2ccc(C(=O)Nc3ncn(Cc4cccc(Cl)c4)n3)o2)cc1. The minimum Gasteiger partial charge on any atom is -0.486 e. The standard InChI is InChI=1S/C30H27ClN4O3/c1-30(2,22-8-4-3-5-9-22)23-11-13-25(14-12-23)37-19-26-15-16-27(38-26)28(36)33-29-32-20-35(34-29)18-21-7-6-10-24(31)17-21/h3-17,20H,18-19H2,1-2H3,(H,33,34,36). The molecule has 0 unspecified atom stereocenters. The van der Waals surface area contributed by atoms with Crippen LogP contribution in [0.3, 0.4) is 0 Å². The quantitative estimate of drug-likeness (QED) is 0.230. The Hall–Kier alpha value is -4.36. The molecule has 0 saturated heterocycles. The van der Waals surface area contributed by atoms with E-state index in [1.165, 1.54) is 11.1 Å². The molecule has 0 radical (unpaired) electrons. The van der Waals surface area contributed by atoms with Gasteiger partial charge in [0.1, 0.15) is 24.4 Å². The van der Waals surface area contributed by atoms with Gasteiger partial charge in [0.05, 0.1) is 6.54 Å². The van der Waals surface area contributed by atoms with Crippen LogP contribution in [0, 0.1) is 0 Å². The van der Waals surface area contributed by atoms with Crippen molar-refractivity contribution in [3.05, 3.63) is 131 Å². The summed E-state index contributed by atoms with van der Waals surface area (Å²) in [6.45, 7) is 5.08. The van der Waals surface area contributed by atoms with Gasteiger partial charge in [-0.15, -0.1) is 5.10 Å². The minimum absolute atomic E-state index is 0.122. The highest BCUT2D eigenvalue weighted by molar-refractivity contribution is 6.30. The fourth-order valence-electron chi connectivity index (χ4n) is 4.13. The fourth-order valence-corrected chi connectivity index (χ4v) is 4.35. The van der Waals surface area contributed by atoms with E-state index in [0.29, 0.717) is 17.3 Å². The van der Waals surface area contributed by atoms with Crippen molar-refractivity contribution in [2.24, 2.45) is 0 Å². The van der Waals surface area contributed by atoms with Crippen molar-refractivity contribution in [1.29, 1.82) is 0 Å². The number of rotatable bonds is 9. The van der Waals surface area contributed by atoms with E-state index < -0.39 is 5.91 Å². The van der Waals surface area contributed by atoms with E-state index in [-0.39, 0.29) is 23.7 Å². The first-order valence-corrected chi connectivity index (χ1v) is 12.6. The number of nitrogens with one attached hydrogen (secondary N) is 1. The van der Waals surface area contributed by atoms with E-state index in [1.807, 2.05) is 42.5 Å². The van der Waals surface area contributed by atoms with Gasteiger partial charge in [-0.2, -0.15) is 0 Å². The maximum absolute atomic E-state index is 12.6. The molecule has 1 N–H and O–H groups in total. The zero-order chi connectivity index (χ0) is 26.5. The first kappa shape index (κ1) is 25.3. The van der Waals surface area contributed by atoms with E-state index in [4.69, 9.17) is 20.8 Å². The molecule has 0 fully saturated rings. The van der Waals surface area contributed by atoms with Crippen LogP contribution in [-0.4, -0.2) is 20.7 Å². The molecule has 5 rings (SSSR count). The summed E-state index contributed by atoms with van der Waals surface area (Å²) in [4.78, 5) is 16.8. The smallest absolute Gasteiger partial charge is 0.293 e. The molecule has 0 atom stereocenters. The second-order valence-electron chi connectivity index (χ2n) is 9.42. The molecule has 7 nitrogen and oxygen atoms in total. The van der Waals surface area contributed by atoms with Gasteiger partial charge in [0.2, 0.25) is 5.95 Å². The van der Waals surface area contributed by atoms with Crippen molar-refractivity contribution in [2.75, 3.05) is 5.32 Å². The van der Waals surface area contributed by atoms with E-state index >= 15 is 0 Å². The van der Waals surface area contributed by atoms with Gasteiger partial charge >= 0.3 is 0 Å². The van der Waals surface area contributed by atoms with Gasteiger partial charge in [0.25, 0.3) is 5.91 Å². The third kappa shape index (κ3) is 5.95. The van der Waals surface area contributed by atoms with Crippen LogP contribution < -0.4 is 10.1 Å². The van der Waals surface area contributed by atoms with E-state index in [1.54, 1.807) is 23.1 Å². The Morgan fingerprint density at radius 3 is 2.50 bits per heavy atom. The lowest BCUT2D eigenvalue weighted by atomic mass is 9.78. The zero-order valence-corrected chi connectivity index (χ0v) is 21.9. The van der Waals surface area contributed by atoms with Crippen LogP contribution in [0.2, 0.25) is 5.02 Å². The summed E-state index contributed by atoms with van der Waals surface area (Å²) in [5, 5.41) is 7.60. The van der Waals surface area contributed by atoms with Gasteiger partial charge in [-0.05, 0) is 53.1 Å². The summed E-state index contributed by atoms with van der Waals surface area (Å²) in [6.07, 6.45) is 1.55. The molecule has 0 aliphatic heterocycles. The average Bonchev–Trinajstić information content (AvgIpc) is 3.58. The monoisotopic (exact) mass is 526 g/mol. The minimum atomic E-state index is -0.441. The lowest BCUT2D eigenvalue weighted by Crippen LogP contribution is -2.18. The lowest BCUT2D eigenvalue weighted by Gasteiger charge is -2.26. The summed E-state index contributed by atoms with van der Waals surface area (Å²) < 4.78 is 13.2. The molecule has 0 bridgehead atoms. The molecule has 38 heavy (non-hydrogen) atoms. The number of ether oxygens (including phenoxy) is 1. The van der Waals surface area contributed by atoms with Gasteiger partial charge in [-0.1, -0.05) is 80.0 Å². The fraction of sp³-hybridized carbons (Fsp3) is 0.167. The second-order valence-corrected chi connectivity index (χ2v) is 9.86. The van der Waals surface area contributed by atoms with Crippen LogP contribution in [-0.2, 0) is 18.6 Å². The highest BCUT2D eigenvalue weighted by Gasteiger charge is 2.22. The van der Waals surface area contributed by atoms with Crippen molar-refractivity contribution in [3.63, 3.8) is 0 Å². The number of aromatic nitrogens is 3. The van der Waals surface area contributed by atoms with Crippen molar-refractivity contribution in [2.45, 2.75) is 32.4 Å². The summed E-state index contributed by atoms with van der Waals surface area (Å²) >= 11 is 6.03. The number of hydrogen-bond acceptors (Lipinski definition) is 5. The number of nitrogens with zero attached hydrogens (tertiary/aromatic N) is 3. The topological polar surface area (TPSA) is 82.2 Å². The predicted molar refractivity (Wildman–Crippen MR) is 147 cm³/mol. The third-order valence-electron chi connectivity index (χ3n) is 6.33. The highest BCUT2D eigenvalue weighted by atomic mass is 35.5. The number of halogens is 1. The number of benzene rings is 3. The first-order valence-electron chi connectivity index (χ1n) is 12.2. The Labute approximate surface area is 226 Å². The third-order valence-corrected chi connectivity index (χ3v) is 6.57. The normalized spacial score (nSPS) is 11.3. The Kier molecular flexibility index (Phi) is 7.29. The number of carbonyl (C=O) groups excluding carboxylic acids is 1. The van der Waals surface area contributed by atoms with Crippen LogP contribution in [0.4, 0.5) is 5.95 Å². The highest BCUT2D eigenvalue weighted by Crippen LogP contribution is 2.32. The van der Waals surface area contributed by atoms with Crippen LogP contribution >= 0.6 is 11.6 Å². The molecule has 2 aromatic heterocycles. The number of carbonyl (C=O) groups is 1. The predicted octanol–water partition coefficient (Wildman–Crippen LogP) is 6.73. The lowest BCUT2D eigenvalue weighted by molar-refractivity contribution is 0.0991. The van der Waals surface area contributed by atoms with Crippen LogP contribution in [0.5, 0.6) is 5.75 Å². The van der Waals surface area contributed by atoms with E-state index in [2.05, 4.69) is 65.6 Å². The Balaban J connectivity index is 1.15. The Morgan fingerprint density at radius 2 is 1.74 bits per heavy atom. The molecular formula is C30H27ClN4O3. The Bertz CT molecular complexity index is 1520. The number of amides is 1. The summed E-state index contributed by atoms with van der Waals surface area (Å²) in [7, 11) is 0. The molecule has 0 saturated carbocycles. The first-order chi connectivity index (χ1) is 18.4. The molecule has 3 aromatic carbocycles. The molecular weight excluding hydrogens is 500 g/mol. The molecule has 0 spiro atoms. The number of furan rings is 1. The van der Waals surface area contributed by atoms with Crippen molar-refractivity contribution >= 4 is 23.5 Å². The van der Waals surface area contributed by atoms with Crippen LogP contribution in [0.25, 0.3) is 0 Å². The number of anilines is 1. The maximum Gasteiger partial charge on any atom is 0.293 e. The molecule has 0 aliphatic carbocycles. The molecule has 192 valence electrons. The van der Waals surface area contributed by atoms with Crippen molar-refractivity contribution < 1.29 is 13.9 Å². The average molecular weight is 527 g/mol. The zero-order valence-electron chi connectivity index (χ0n) is 21.1. The molecule has 8 heteroatoms. The van der Waals surface area contributed by atoms with E-state index in [0.717, 1.165) is 11.3 Å². The summed E-state index contributed by atoms with van der Waals surface area (Å²) in [5.74, 6) is 1.14. The number of hydrogen-bond donors (Lipinski definition) is 1. The Morgan fingerprint density at radius 1 is 0.974 bits per heavy atom. The second kappa shape index (κ2) is 10.9. The van der Waals surface area contributed by atoms with Crippen molar-refractivity contribution in [1.82, 2.24) is 14.8 Å². The van der Waals surface area contributed by atoms with Gasteiger partial charge in [0.15, 0.2) is 5.76 Å². The summed E-state index contributed by atoms with van der Waals surface area (Å²) in [6, 6.07) is 29.2. The molecule has 0 aliphatic rings. The molecule has 5 aromatic rings. The molecule has 2 heterocycles. The largest absolute Gasteiger partial charge is 0.486 e. The van der Waals surface area contributed by atoms with Crippen LogP contribution in [0.15, 0.2) is 102 Å². The summed E-state index contributed by atoms with van der Waals surface area (Å²) in [5.41, 5.74) is 3.29. The van der Waals surface area contributed by atoms with Gasteiger partial charge < -0.3 is 9.15 Å². The van der Waals surface area contributed by atoms with Gasteiger partial charge in [-0.25, -0.2) is 9.67 Å². The van der Waals surface area contributed by atoms with Gasteiger partial charge in [-0.3, -0.25) is 10.1 Å². The van der Waals surface area contributed by atoms with Crippen LogP contribution in [0.1, 0.15) is 46.9 Å². The van der Waals surface area contributed by atoms with Gasteiger partial charge in [0, 0.05) is 10.4 Å². The molecule has 1 amide bonds. The van der Waals surface area contributed by atoms with E-state index in [9.17, 15) is 4.79 Å². The van der Waals surface area contributed by atoms with Crippen molar-refractivity contribution in [3.8, 4) is 5.75 Å².